The van der Waals surface area contributed by atoms with Gasteiger partial charge in [-0.3, -0.25) is 0 Å². The van der Waals surface area contributed by atoms with E-state index in [4.69, 9.17) is 8.83 Å². The first-order valence-corrected chi connectivity index (χ1v) is 18.7. The SMILES string of the molecule is c1ccc(-c2ccc(-c3ccc4ccccc4c3)cc2N(c2ccc3c(c2)oc2ccccc23)c2ccccc2-c2ccc3c(c2)oc2ccccc23)cc1. The van der Waals surface area contributed by atoms with Crippen molar-refractivity contribution in [2.45, 2.75) is 0 Å². The van der Waals surface area contributed by atoms with Crippen LogP contribution in [0.3, 0.4) is 0 Å². The van der Waals surface area contributed by atoms with Gasteiger partial charge in [-0.15, -0.1) is 0 Å². The highest BCUT2D eigenvalue weighted by Gasteiger charge is 2.23. The van der Waals surface area contributed by atoms with Gasteiger partial charge in [-0.1, -0.05) is 140 Å². The molecular formula is C52H33NO2. The Morgan fingerprint density at radius 2 is 0.855 bits per heavy atom. The molecular weight excluding hydrogens is 671 g/mol. The summed E-state index contributed by atoms with van der Waals surface area (Å²) >= 11 is 0. The lowest BCUT2D eigenvalue weighted by atomic mass is 9.94. The highest BCUT2D eigenvalue weighted by Crippen LogP contribution is 2.47. The lowest BCUT2D eigenvalue weighted by molar-refractivity contribution is 0.668. The second-order valence-electron chi connectivity index (χ2n) is 14.1. The summed E-state index contributed by atoms with van der Waals surface area (Å²) in [4.78, 5) is 2.40. The van der Waals surface area contributed by atoms with E-state index in [0.717, 1.165) is 94.3 Å². The molecule has 9 aromatic carbocycles. The fourth-order valence-corrected chi connectivity index (χ4v) is 8.19. The minimum absolute atomic E-state index is 0.844. The maximum atomic E-state index is 6.52. The minimum atomic E-state index is 0.844. The summed E-state index contributed by atoms with van der Waals surface area (Å²) in [7, 11) is 0. The van der Waals surface area contributed by atoms with E-state index in [1.165, 1.54) is 10.8 Å². The Bertz CT molecular complexity index is 3220. The van der Waals surface area contributed by atoms with Crippen LogP contribution in [0.15, 0.2) is 209 Å². The van der Waals surface area contributed by atoms with Crippen LogP contribution in [0.4, 0.5) is 17.1 Å². The van der Waals surface area contributed by atoms with E-state index >= 15 is 0 Å². The molecule has 2 heterocycles. The van der Waals surface area contributed by atoms with Gasteiger partial charge in [-0.05, 0) is 87.6 Å². The Kier molecular flexibility index (Phi) is 7.17. The monoisotopic (exact) mass is 703 g/mol. The molecule has 55 heavy (non-hydrogen) atoms. The van der Waals surface area contributed by atoms with Gasteiger partial charge in [0.05, 0.1) is 11.4 Å². The van der Waals surface area contributed by atoms with Crippen molar-refractivity contribution in [2.24, 2.45) is 0 Å². The lowest BCUT2D eigenvalue weighted by Crippen LogP contribution is -2.12. The molecule has 3 heteroatoms. The van der Waals surface area contributed by atoms with E-state index in [1.54, 1.807) is 0 Å². The number of furan rings is 2. The minimum Gasteiger partial charge on any atom is -0.456 e. The number of rotatable bonds is 6. The van der Waals surface area contributed by atoms with E-state index in [2.05, 4.69) is 181 Å². The molecule has 0 spiro atoms. The molecule has 0 amide bonds. The summed E-state index contributed by atoms with van der Waals surface area (Å²) in [5.41, 5.74) is 13.3. The zero-order chi connectivity index (χ0) is 36.3. The average Bonchev–Trinajstić information content (AvgIpc) is 3.82. The fraction of sp³-hybridized carbons (Fsp3) is 0. The van der Waals surface area contributed by atoms with Crippen LogP contribution in [0, 0.1) is 0 Å². The maximum absolute atomic E-state index is 6.52. The predicted octanol–water partition coefficient (Wildman–Crippen LogP) is 15.1. The number of hydrogen-bond donors (Lipinski definition) is 0. The third kappa shape index (κ3) is 5.28. The van der Waals surface area contributed by atoms with Crippen LogP contribution >= 0.6 is 0 Å². The van der Waals surface area contributed by atoms with Gasteiger partial charge in [0.1, 0.15) is 22.3 Å². The van der Waals surface area contributed by atoms with E-state index in [0.29, 0.717) is 0 Å². The van der Waals surface area contributed by atoms with Crippen LogP contribution in [0.5, 0.6) is 0 Å². The second kappa shape index (κ2) is 12.6. The largest absolute Gasteiger partial charge is 0.456 e. The fourth-order valence-electron chi connectivity index (χ4n) is 8.19. The molecule has 0 aliphatic rings. The quantitative estimate of drug-likeness (QED) is 0.173. The Morgan fingerprint density at radius 1 is 0.291 bits per heavy atom. The molecule has 0 saturated carbocycles. The average molecular weight is 704 g/mol. The normalized spacial score (nSPS) is 11.6. The first-order valence-electron chi connectivity index (χ1n) is 18.7. The van der Waals surface area contributed by atoms with Gasteiger partial charge in [0.25, 0.3) is 0 Å². The van der Waals surface area contributed by atoms with Crippen molar-refractivity contribution in [1.29, 1.82) is 0 Å². The molecule has 0 unspecified atom stereocenters. The molecule has 0 atom stereocenters. The molecule has 0 radical (unpaired) electrons. The molecule has 0 saturated heterocycles. The van der Waals surface area contributed by atoms with Gasteiger partial charge in [0, 0.05) is 44.4 Å². The number of nitrogens with zero attached hydrogens (tertiary/aromatic N) is 1. The standard InChI is InChI=1S/C52H33NO2/c1-2-13-35(14-3-1)42-27-24-38(37-23-22-34-12-4-5-15-36(34)30-37)31-48(42)53(40-26-29-46-44-18-8-11-21-50(44)55-52(46)33-40)47-19-9-6-16-41(47)39-25-28-45-43-17-7-10-20-49(43)54-51(45)32-39/h1-33H. The number of anilines is 3. The summed E-state index contributed by atoms with van der Waals surface area (Å²) in [6.45, 7) is 0. The van der Waals surface area contributed by atoms with Gasteiger partial charge < -0.3 is 13.7 Å². The topological polar surface area (TPSA) is 29.5 Å². The molecule has 0 bridgehead atoms. The van der Waals surface area contributed by atoms with E-state index < -0.39 is 0 Å². The van der Waals surface area contributed by atoms with E-state index in [1.807, 2.05) is 24.3 Å². The summed E-state index contributed by atoms with van der Waals surface area (Å²) < 4.78 is 12.9. The smallest absolute Gasteiger partial charge is 0.137 e. The van der Waals surface area contributed by atoms with Gasteiger partial charge in [-0.2, -0.15) is 0 Å². The summed E-state index contributed by atoms with van der Waals surface area (Å²) in [6.07, 6.45) is 0. The zero-order valence-corrected chi connectivity index (χ0v) is 29.8. The summed E-state index contributed by atoms with van der Waals surface area (Å²) in [5.74, 6) is 0. The van der Waals surface area contributed by atoms with Crippen molar-refractivity contribution in [3.05, 3.63) is 200 Å². The zero-order valence-electron chi connectivity index (χ0n) is 29.8. The molecule has 0 aliphatic carbocycles. The van der Waals surface area contributed by atoms with Crippen LogP contribution in [0.1, 0.15) is 0 Å². The number of hydrogen-bond acceptors (Lipinski definition) is 3. The van der Waals surface area contributed by atoms with Crippen molar-refractivity contribution in [3.63, 3.8) is 0 Å². The Morgan fingerprint density at radius 3 is 1.65 bits per heavy atom. The van der Waals surface area contributed by atoms with Gasteiger partial charge in [0.2, 0.25) is 0 Å². The van der Waals surface area contributed by atoms with Gasteiger partial charge in [0.15, 0.2) is 0 Å². The molecule has 0 aliphatic heterocycles. The first kappa shape index (κ1) is 31.2. The van der Waals surface area contributed by atoms with Crippen LogP contribution in [-0.2, 0) is 0 Å². The summed E-state index contributed by atoms with van der Waals surface area (Å²) in [5, 5.41) is 6.87. The molecule has 258 valence electrons. The molecule has 11 aromatic rings. The van der Waals surface area contributed by atoms with E-state index in [-0.39, 0.29) is 0 Å². The Labute approximate surface area is 317 Å². The van der Waals surface area contributed by atoms with Crippen LogP contribution in [0.2, 0.25) is 0 Å². The van der Waals surface area contributed by atoms with Crippen LogP contribution in [0.25, 0.3) is 88.0 Å². The molecule has 3 nitrogen and oxygen atoms in total. The Balaban J connectivity index is 1.18. The number of para-hydroxylation sites is 3. The van der Waals surface area contributed by atoms with Crippen molar-refractivity contribution < 1.29 is 8.83 Å². The van der Waals surface area contributed by atoms with Crippen LogP contribution < -0.4 is 4.90 Å². The van der Waals surface area contributed by atoms with E-state index in [9.17, 15) is 0 Å². The highest BCUT2D eigenvalue weighted by molar-refractivity contribution is 6.08. The van der Waals surface area contributed by atoms with Crippen LogP contribution in [-0.4, -0.2) is 0 Å². The van der Waals surface area contributed by atoms with Crippen molar-refractivity contribution >= 4 is 71.7 Å². The molecule has 0 fully saturated rings. The van der Waals surface area contributed by atoms with Crippen molar-refractivity contribution in [2.75, 3.05) is 4.90 Å². The molecule has 0 N–H and O–H groups in total. The number of fused-ring (bicyclic) bond motifs is 7. The summed E-state index contributed by atoms with van der Waals surface area (Å²) in [6, 6.07) is 71.2. The van der Waals surface area contributed by atoms with Crippen molar-refractivity contribution in [1.82, 2.24) is 0 Å². The third-order valence-electron chi connectivity index (χ3n) is 10.9. The van der Waals surface area contributed by atoms with Gasteiger partial charge >= 0.3 is 0 Å². The highest BCUT2D eigenvalue weighted by atomic mass is 16.3. The van der Waals surface area contributed by atoms with Gasteiger partial charge in [-0.25, -0.2) is 0 Å². The second-order valence-corrected chi connectivity index (χ2v) is 14.1. The Hall–Kier alpha value is -7.36. The third-order valence-corrected chi connectivity index (χ3v) is 10.9. The predicted molar refractivity (Wildman–Crippen MR) is 229 cm³/mol. The lowest BCUT2D eigenvalue weighted by Gasteiger charge is -2.30. The van der Waals surface area contributed by atoms with Crippen molar-refractivity contribution in [3.8, 4) is 33.4 Å². The maximum Gasteiger partial charge on any atom is 0.137 e. The molecule has 2 aromatic heterocycles. The first-order chi connectivity index (χ1) is 27.2. The number of benzene rings is 9. The molecule has 11 rings (SSSR count).